The standard InChI is InChI=1S/C12H13ClN4O2S2/c1-20-9-4-2-8(3-5-9)17-21(18,19)10-6-11(13)12(16-14)15-7-10/h2-7,17H,14H2,1H3,(H,15,16). The van der Waals surface area contributed by atoms with Crippen LogP contribution in [0.15, 0.2) is 46.3 Å². The lowest BCUT2D eigenvalue weighted by Crippen LogP contribution is -2.14. The Labute approximate surface area is 132 Å². The molecular formula is C12H13ClN4O2S2. The molecule has 1 heterocycles. The van der Waals surface area contributed by atoms with Crippen LogP contribution in [0.3, 0.4) is 0 Å². The third-order valence-electron chi connectivity index (χ3n) is 2.61. The molecular weight excluding hydrogens is 332 g/mol. The van der Waals surface area contributed by atoms with E-state index in [-0.39, 0.29) is 15.7 Å². The number of nitrogens with one attached hydrogen (secondary N) is 2. The fraction of sp³-hybridized carbons (Fsp3) is 0.0833. The van der Waals surface area contributed by atoms with Crippen LogP contribution in [0.25, 0.3) is 0 Å². The van der Waals surface area contributed by atoms with Gasteiger partial charge >= 0.3 is 0 Å². The topological polar surface area (TPSA) is 97.1 Å². The zero-order chi connectivity index (χ0) is 15.5. The number of hydrazine groups is 1. The molecule has 0 fully saturated rings. The maximum atomic E-state index is 12.2. The number of nitrogen functional groups attached to an aromatic ring is 1. The average Bonchev–Trinajstić information content (AvgIpc) is 2.47. The minimum Gasteiger partial charge on any atom is -0.307 e. The fourth-order valence-electron chi connectivity index (χ4n) is 1.55. The SMILES string of the molecule is CSc1ccc(NS(=O)(=O)c2cnc(NN)c(Cl)c2)cc1. The molecule has 2 rings (SSSR count). The number of pyridine rings is 1. The number of hydrogen-bond acceptors (Lipinski definition) is 6. The lowest BCUT2D eigenvalue weighted by atomic mass is 10.3. The third-order valence-corrected chi connectivity index (χ3v) is 4.99. The van der Waals surface area contributed by atoms with Gasteiger partial charge in [0.15, 0.2) is 5.82 Å². The Morgan fingerprint density at radius 2 is 1.95 bits per heavy atom. The van der Waals surface area contributed by atoms with Gasteiger partial charge < -0.3 is 5.43 Å². The lowest BCUT2D eigenvalue weighted by molar-refractivity contribution is 0.601. The van der Waals surface area contributed by atoms with Gasteiger partial charge in [-0.1, -0.05) is 11.6 Å². The van der Waals surface area contributed by atoms with Crippen molar-refractivity contribution in [3.8, 4) is 0 Å². The van der Waals surface area contributed by atoms with Crippen LogP contribution in [-0.4, -0.2) is 19.7 Å². The molecule has 0 atom stereocenters. The Morgan fingerprint density at radius 3 is 2.48 bits per heavy atom. The Kier molecular flexibility index (Phi) is 4.94. The molecule has 21 heavy (non-hydrogen) atoms. The number of thioether (sulfide) groups is 1. The summed E-state index contributed by atoms with van der Waals surface area (Å²) >= 11 is 7.45. The van der Waals surface area contributed by atoms with Crippen molar-refractivity contribution < 1.29 is 8.42 Å². The zero-order valence-corrected chi connectivity index (χ0v) is 13.4. The normalized spacial score (nSPS) is 11.2. The Hall–Kier alpha value is -1.48. The van der Waals surface area contributed by atoms with Gasteiger partial charge in [-0.05, 0) is 36.6 Å². The molecule has 6 nitrogen and oxygen atoms in total. The molecule has 0 saturated carbocycles. The number of sulfonamides is 1. The molecule has 1 aromatic heterocycles. The van der Waals surface area contributed by atoms with Gasteiger partial charge in [-0.3, -0.25) is 4.72 Å². The van der Waals surface area contributed by atoms with E-state index in [4.69, 9.17) is 17.4 Å². The van der Waals surface area contributed by atoms with Gasteiger partial charge in [-0.15, -0.1) is 11.8 Å². The zero-order valence-electron chi connectivity index (χ0n) is 11.0. The smallest absolute Gasteiger partial charge is 0.263 e. The highest BCUT2D eigenvalue weighted by Crippen LogP contribution is 2.24. The van der Waals surface area contributed by atoms with Crippen molar-refractivity contribution in [2.24, 2.45) is 5.84 Å². The molecule has 0 radical (unpaired) electrons. The molecule has 0 unspecified atom stereocenters. The van der Waals surface area contributed by atoms with E-state index in [1.54, 1.807) is 23.9 Å². The second-order valence-corrected chi connectivity index (χ2v) is 6.95. The molecule has 0 aliphatic heterocycles. The van der Waals surface area contributed by atoms with Crippen LogP contribution in [0.1, 0.15) is 0 Å². The van der Waals surface area contributed by atoms with E-state index < -0.39 is 10.0 Å². The van der Waals surface area contributed by atoms with Crippen LogP contribution in [0.5, 0.6) is 0 Å². The molecule has 0 amide bonds. The minimum absolute atomic E-state index is 0.0413. The highest BCUT2D eigenvalue weighted by Gasteiger charge is 2.16. The van der Waals surface area contributed by atoms with Gasteiger partial charge in [0, 0.05) is 16.8 Å². The second kappa shape index (κ2) is 6.52. The molecule has 1 aromatic carbocycles. The highest BCUT2D eigenvalue weighted by molar-refractivity contribution is 7.98. The number of nitrogens with zero attached hydrogens (tertiary/aromatic N) is 1. The monoisotopic (exact) mass is 344 g/mol. The van der Waals surface area contributed by atoms with Gasteiger partial charge in [0.05, 0.1) is 5.02 Å². The predicted molar refractivity (Wildman–Crippen MR) is 86.1 cm³/mol. The number of hydrogen-bond donors (Lipinski definition) is 3. The number of anilines is 2. The molecule has 2 aromatic rings. The second-order valence-electron chi connectivity index (χ2n) is 3.98. The van der Waals surface area contributed by atoms with Gasteiger partial charge in [0.2, 0.25) is 0 Å². The first kappa shape index (κ1) is 15.9. The molecule has 0 aliphatic carbocycles. The molecule has 0 spiro atoms. The third kappa shape index (κ3) is 3.79. The Balaban J connectivity index is 2.26. The van der Waals surface area contributed by atoms with E-state index in [1.807, 2.05) is 18.4 Å². The summed E-state index contributed by atoms with van der Waals surface area (Å²) in [4.78, 5) is 4.84. The number of aromatic nitrogens is 1. The first-order chi connectivity index (χ1) is 9.96. The number of halogens is 1. The largest absolute Gasteiger partial charge is 0.307 e. The van der Waals surface area contributed by atoms with Crippen molar-refractivity contribution in [3.05, 3.63) is 41.6 Å². The van der Waals surface area contributed by atoms with Crippen LogP contribution in [-0.2, 0) is 10.0 Å². The van der Waals surface area contributed by atoms with Crippen molar-refractivity contribution >= 4 is 44.9 Å². The first-order valence-electron chi connectivity index (χ1n) is 5.75. The average molecular weight is 345 g/mol. The number of nitrogens with two attached hydrogens (primary N) is 1. The van der Waals surface area contributed by atoms with Crippen LogP contribution in [0.4, 0.5) is 11.5 Å². The van der Waals surface area contributed by atoms with E-state index in [0.717, 1.165) is 4.90 Å². The van der Waals surface area contributed by atoms with Gasteiger partial charge in [-0.25, -0.2) is 19.2 Å². The maximum Gasteiger partial charge on any atom is 0.263 e. The molecule has 0 aliphatic rings. The first-order valence-corrected chi connectivity index (χ1v) is 8.84. The molecule has 0 saturated heterocycles. The van der Waals surface area contributed by atoms with E-state index in [2.05, 4.69) is 15.1 Å². The van der Waals surface area contributed by atoms with Crippen LogP contribution in [0, 0.1) is 0 Å². The van der Waals surface area contributed by atoms with Crippen LogP contribution in [0.2, 0.25) is 5.02 Å². The van der Waals surface area contributed by atoms with Crippen molar-refractivity contribution in [1.29, 1.82) is 0 Å². The molecule has 0 bridgehead atoms. The fourth-order valence-corrected chi connectivity index (χ4v) is 3.27. The number of benzene rings is 1. The summed E-state index contributed by atoms with van der Waals surface area (Å²) in [5, 5.41) is 0.123. The summed E-state index contributed by atoms with van der Waals surface area (Å²) < 4.78 is 26.9. The maximum absolute atomic E-state index is 12.2. The summed E-state index contributed by atoms with van der Waals surface area (Å²) in [5.74, 6) is 5.40. The van der Waals surface area contributed by atoms with Gasteiger partial charge in [0.1, 0.15) is 4.90 Å². The summed E-state index contributed by atoms with van der Waals surface area (Å²) in [5.41, 5.74) is 2.74. The Morgan fingerprint density at radius 1 is 1.29 bits per heavy atom. The van der Waals surface area contributed by atoms with Crippen molar-refractivity contribution in [2.75, 3.05) is 16.4 Å². The van der Waals surface area contributed by atoms with Crippen LogP contribution >= 0.6 is 23.4 Å². The van der Waals surface area contributed by atoms with E-state index >= 15 is 0 Å². The van der Waals surface area contributed by atoms with Crippen LogP contribution < -0.4 is 16.0 Å². The van der Waals surface area contributed by atoms with Gasteiger partial charge in [0.25, 0.3) is 10.0 Å². The predicted octanol–water partition coefficient (Wildman–Crippen LogP) is 2.54. The van der Waals surface area contributed by atoms with Crippen molar-refractivity contribution in [3.63, 3.8) is 0 Å². The number of rotatable bonds is 5. The summed E-state index contributed by atoms with van der Waals surface area (Å²) in [6.45, 7) is 0. The summed E-state index contributed by atoms with van der Waals surface area (Å²) in [6.07, 6.45) is 3.12. The molecule has 112 valence electrons. The molecule has 9 heteroatoms. The Bertz CT molecular complexity index is 735. The summed E-state index contributed by atoms with van der Waals surface area (Å²) in [6, 6.07) is 8.31. The highest BCUT2D eigenvalue weighted by atomic mass is 35.5. The van der Waals surface area contributed by atoms with Gasteiger partial charge in [-0.2, -0.15) is 0 Å². The van der Waals surface area contributed by atoms with Crippen molar-refractivity contribution in [2.45, 2.75) is 9.79 Å². The van der Waals surface area contributed by atoms with E-state index in [1.165, 1.54) is 12.3 Å². The van der Waals surface area contributed by atoms with E-state index in [9.17, 15) is 8.42 Å². The minimum atomic E-state index is -3.75. The summed E-state index contributed by atoms with van der Waals surface area (Å²) in [7, 11) is -3.75. The van der Waals surface area contributed by atoms with E-state index in [0.29, 0.717) is 5.69 Å². The molecule has 4 N–H and O–H groups in total. The van der Waals surface area contributed by atoms with Crippen molar-refractivity contribution in [1.82, 2.24) is 4.98 Å². The lowest BCUT2D eigenvalue weighted by Gasteiger charge is -2.09. The quantitative estimate of drug-likeness (QED) is 0.438.